The minimum atomic E-state index is 0.685. The molecule has 0 amide bonds. The lowest BCUT2D eigenvalue weighted by Crippen LogP contribution is -2.46. The van der Waals surface area contributed by atoms with Crippen molar-refractivity contribution in [2.45, 2.75) is 19.6 Å². The smallest absolute Gasteiger partial charge is 0.199 e. The molecule has 0 unspecified atom stereocenters. The molecule has 0 bridgehead atoms. The van der Waals surface area contributed by atoms with Crippen LogP contribution in [-0.4, -0.2) is 64.0 Å². The molecule has 0 radical (unpaired) electrons. The van der Waals surface area contributed by atoms with Crippen LogP contribution in [0.3, 0.4) is 0 Å². The van der Waals surface area contributed by atoms with E-state index in [4.69, 9.17) is 28.5 Å². The average Bonchev–Trinajstić information content (AvgIpc) is 3.15. The number of nitrogens with zero attached hydrogens (tertiary/aromatic N) is 5. The highest BCUT2D eigenvalue weighted by Gasteiger charge is 2.19. The van der Waals surface area contributed by atoms with E-state index in [-0.39, 0.29) is 0 Å². The first-order valence-corrected chi connectivity index (χ1v) is 11.3. The molecule has 1 fully saturated rings. The van der Waals surface area contributed by atoms with Crippen molar-refractivity contribution in [1.82, 2.24) is 24.1 Å². The number of aryl methyl sites for hydroxylation is 1. The normalized spacial score (nSPS) is 14.9. The molecule has 1 aromatic heterocycles. The zero-order valence-electron chi connectivity index (χ0n) is 18.5. The lowest BCUT2D eigenvalue weighted by Gasteiger charge is -2.33. The van der Waals surface area contributed by atoms with E-state index < -0.39 is 0 Å². The SMILES string of the molecule is C#CCN1CCN(Cn2nc(-c3ccc(OC)cc3)n(CCc3ccccc3)c2=S)CC1. The van der Waals surface area contributed by atoms with Gasteiger partial charge in [-0.2, -0.15) is 5.10 Å². The Morgan fingerprint density at radius 3 is 2.34 bits per heavy atom. The number of aromatic nitrogens is 3. The first-order chi connectivity index (χ1) is 15.7. The van der Waals surface area contributed by atoms with Gasteiger partial charge in [-0.15, -0.1) is 6.42 Å². The fourth-order valence-corrected chi connectivity index (χ4v) is 4.26. The van der Waals surface area contributed by atoms with Crippen LogP contribution >= 0.6 is 12.2 Å². The van der Waals surface area contributed by atoms with Gasteiger partial charge in [0.2, 0.25) is 0 Å². The van der Waals surface area contributed by atoms with Gasteiger partial charge in [-0.05, 0) is 48.5 Å². The number of methoxy groups -OCH3 is 1. The minimum absolute atomic E-state index is 0.685. The molecule has 0 saturated carbocycles. The summed E-state index contributed by atoms with van der Waals surface area (Å²) >= 11 is 5.89. The summed E-state index contributed by atoms with van der Waals surface area (Å²) < 4.78 is 10.2. The monoisotopic (exact) mass is 447 g/mol. The van der Waals surface area contributed by atoms with Crippen molar-refractivity contribution in [3.8, 4) is 29.5 Å². The van der Waals surface area contributed by atoms with Crippen LogP contribution in [0.4, 0.5) is 0 Å². The van der Waals surface area contributed by atoms with Gasteiger partial charge in [0.25, 0.3) is 0 Å². The zero-order valence-corrected chi connectivity index (χ0v) is 19.3. The van der Waals surface area contributed by atoms with Crippen molar-refractivity contribution in [1.29, 1.82) is 0 Å². The second-order valence-corrected chi connectivity index (χ2v) is 8.33. The third-order valence-corrected chi connectivity index (χ3v) is 6.28. The van der Waals surface area contributed by atoms with Gasteiger partial charge in [0, 0.05) is 38.3 Å². The molecule has 6 nitrogen and oxygen atoms in total. The Balaban J connectivity index is 1.57. The summed E-state index contributed by atoms with van der Waals surface area (Å²) in [5.41, 5.74) is 2.31. The Bertz CT molecular complexity index is 1110. The molecule has 7 heteroatoms. The molecular weight excluding hydrogens is 418 g/mol. The van der Waals surface area contributed by atoms with E-state index in [0.29, 0.717) is 13.2 Å². The van der Waals surface area contributed by atoms with Gasteiger partial charge in [-0.1, -0.05) is 36.3 Å². The molecule has 1 saturated heterocycles. The molecule has 2 heterocycles. The largest absolute Gasteiger partial charge is 0.497 e. The number of hydrogen-bond donors (Lipinski definition) is 0. The van der Waals surface area contributed by atoms with E-state index in [2.05, 4.69) is 44.6 Å². The number of hydrogen-bond acceptors (Lipinski definition) is 5. The Morgan fingerprint density at radius 1 is 1.00 bits per heavy atom. The first-order valence-electron chi connectivity index (χ1n) is 10.9. The third kappa shape index (κ3) is 5.28. The Labute approximate surface area is 195 Å². The van der Waals surface area contributed by atoms with Gasteiger partial charge in [0.1, 0.15) is 5.75 Å². The quantitative estimate of drug-likeness (QED) is 0.390. The highest BCUT2D eigenvalue weighted by atomic mass is 32.1. The van der Waals surface area contributed by atoms with Gasteiger partial charge in [0.15, 0.2) is 10.6 Å². The molecule has 1 aliphatic rings. The third-order valence-electron chi connectivity index (χ3n) is 5.85. The van der Waals surface area contributed by atoms with Crippen molar-refractivity contribution < 1.29 is 4.74 Å². The van der Waals surface area contributed by atoms with Crippen molar-refractivity contribution >= 4 is 12.2 Å². The van der Waals surface area contributed by atoms with Gasteiger partial charge in [-0.25, -0.2) is 4.68 Å². The van der Waals surface area contributed by atoms with E-state index in [1.165, 1.54) is 5.56 Å². The average molecular weight is 448 g/mol. The van der Waals surface area contributed by atoms with Crippen molar-refractivity contribution in [2.75, 3.05) is 39.8 Å². The Hall–Kier alpha value is -2.92. The molecule has 4 rings (SSSR count). The highest BCUT2D eigenvalue weighted by Crippen LogP contribution is 2.22. The fraction of sp³-hybridized carbons (Fsp3) is 0.360. The summed E-state index contributed by atoms with van der Waals surface area (Å²) in [5.74, 6) is 4.45. The summed E-state index contributed by atoms with van der Waals surface area (Å²) in [4.78, 5) is 4.69. The summed E-state index contributed by atoms with van der Waals surface area (Å²) in [5, 5.41) is 4.94. The molecule has 0 aliphatic carbocycles. The second kappa shape index (κ2) is 10.6. The summed E-state index contributed by atoms with van der Waals surface area (Å²) in [7, 11) is 1.68. The van der Waals surface area contributed by atoms with Crippen LogP contribution in [0.5, 0.6) is 5.75 Å². The number of piperazine rings is 1. The van der Waals surface area contributed by atoms with Crippen molar-refractivity contribution in [3.05, 3.63) is 64.9 Å². The first kappa shape index (κ1) is 22.3. The van der Waals surface area contributed by atoms with Gasteiger partial charge in [-0.3, -0.25) is 14.4 Å². The molecule has 32 heavy (non-hydrogen) atoms. The number of terminal acetylenes is 1. The zero-order chi connectivity index (χ0) is 22.3. The topological polar surface area (TPSA) is 38.5 Å². The summed E-state index contributed by atoms with van der Waals surface area (Å²) in [6, 6.07) is 18.5. The molecular formula is C25H29N5OS. The van der Waals surface area contributed by atoms with E-state index in [1.807, 2.05) is 35.0 Å². The van der Waals surface area contributed by atoms with Crippen LogP contribution in [0.1, 0.15) is 5.56 Å². The molecule has 0 spiro atoms. The van der Waals surface area contributed by atoms with Crippen LogP contribution in [-0.2, 0) is 19.6 Å². The van der Waals surface area contributed by atoms with Crippen molar-refractivity contribution in [2.24, 2.45) is 0 Å². The maximum Gasteiger partial charge on any atom is 0.199 e. The van der Waals surface area contributed by atoms with Gasteiger partial charge < -0.3 is 4.74 Å². The Kier molecular flexibility index (Phi) is 7.38. The minimum Gasteiger partial charge on any atom is -0.497 e. The number of benzene rings is 2. The van der Waals surface area contributed by atoms with Crippen LogP contribution in [0.15, 0.2) is 54.6 Å². The predicted molar refractivity (Wildman–Crippen MR) is 130 cm³/mol. The standard InChI is InChI=1S/C25H29N5OS/c1-3-14-27-16-18-28(19-17-27)20-30-25(32)29(15-13-21-7-5-4-6-8-21)24(26-30)22-9-11-23(31-2)12-10-22/h1,4-12H,13-20H2,2H3. The highest BCUT2D eigenvalue weighted by molar-refractivity contribution is 7.71. The second-order valence-electron chi connectivity index (χ2n) is 7.96. The maximum atomic E-state index is 5.89. The van der Waals surface area contributed by atoms with Gasteiger partial charge >= 0.3 is 0 Å². The molecule has 0 atom stereocenters. The summed E-state index contributed by atoms with van der Waals surface area (Å²) in [6.07, 6.45) is 6.35. The van der Waals surface area contributed by atoms with Crippen LogP contribution in [0, 0.1) is 17.1 Å². The molecule has 0 N–H and O–H groups in total. The number of ether oxygens (including phenoxy) is 1. The lowest BCUT2D eigenvalue weighted by molar-refractivity contribution is 0.111. The fourth-order valence-electron chi connectivity index (χ4n) is 3.98. The van der Waals surface area contributed by atoms with Crippen LogP contribution < -0.4 is 4.74 Å². The van der Waals surface area contributed by atoms with Crippen LogP contribution in [0.25, 0.3) is 11.4 Å². The van der Waals surface area contributed by atoms with E-state index >= 15 is 0 Å². The Morgan fingerprint density at radius 2 is 1.69 bits per heavy atom. The molecule has 3 aromatic rings. The van der Waals surface area contributed by atoms with E-state index in [9.17, 15) is 0 Å². The van der Waals surface area contributed by atoms with Crippen LogP contribution in [0.2, 0.25) is 0 Å². The molecule has 166 valence electrons. The van der Waals surface area contributed by atoms with E-state index in [0.717, 1.165) is 61.1 Å². The summed E-state index contributed by atoms with van der Waals surface area (Å²) in [6.45, 7) is 6.03. The van der Waals surface area contributed by atoms with E-state index in [1.54, 1.807) is 7.11 Å². The maximum absolute atomic E-state index is 5.89. The number of rotatable bonds is 8. The molecule has 2 aromatic carbocycles. The van der Waals surface area contributed by atoms with Crippen molar-refractivity contribution in [3.63, 3.8) is 0 Å². The predicted octanol–water partition coefficient (Wildman–Crippen LogP) is 3.54. The lowest BCUT2D eigenvalue weighted by atomic mass is 10.1. The van der Waals surface area contributed by atoms with Gasteiger partial charge in [0.05, 0.1) is 20.3 Å². The molecule has 1 aliphatic heterocycles.